The number of hydrogen-bond donors (Lipinski definition) is 2. The van der Waals surface area contributed by atoms with Crippen molar-refractivity contribution in [3.05, 3.63) is 29.8 Å². The number of piperidine rings is 1. The van der Waals surface area contributed by atoms with Crippen molar-refractivity contribution in [2.75, 3.05) is 31.6 Å². The second-order valence-corrected chi connectivity index (χ2v) is 6.67. The van der Waals surface area contributed by atoms with E-state index in [1.807, 2.05) is 24.3 Å². The molecule has 2 amide bonds. The minimum atomic E-state index is -0.247. The van der Waals surface area contributed by atoms with Gasteiger partial charge in [-0.2, -0.15) is 0 Å². The molecule has 1 aliphatic rings. The van der Waals surface area contributed by atoms with Crippen LogP contribution in [0.15, 0.2) is 24.3 Å². The SMILES string of the molecule is CCOC(=O)N1CCC(NCC(=O)Nc2ccc(C(C)C)cc2)CC1. The second kappa shape index (κ2) is 9.42. The molecule has 0 saturated carbocycles. The monoisotopic (exact) mass is 347 g/mol. The quantitative estimate of drug-likeness (QED) is 0.830. The second-order valence-electron chi connectivity index (χ2n) is 6.67. The van der Waals surface area contributed by atoms with Gasteiger partial charge in [0.05, 0.1) is 13.2 Å². The topological polar surface area (TPSA) is 70.7 Å². The van der Waals surface area contributed by atoms with E-state index in [4.69, 9.17) is 4.74 Å². The smallest absolute Gasteiger partial charge is 0.409 e. The molecule has 0 unspecified atom stereocenters. The van der Waals surface area contributed by atoms with Crippen LogP contribution in [-0.4, -0.2) is 49.2 Å². The molecule has 6 nitrogen and oxygen atoms in total. The fourth-order valence-corrected chi connectivity index (χ4v) is 2.87. The van der Waals surface area contributed by atoms with Crippen LogP contribution in [0, 0.1) is 0 Å². The molecule has 6 heteroatoms. The number of rotatable bonds is 6. The predicted molar refractivity (Wildman–Crippen MR) is 98.8 cm³/mol. The Hall–Kier alpha value is -2.08. The standard InChI is InChI=1S/C19H29N3O3/c1-4-25-19(24)22-11-9-16(10-12-22)20-13-18(23)21-17-7-5-15(6-8-17)14(2)3/h5-8,14,16,20H,4,9-13H2,1-3H3,(H,21,23). The first kappa shape index (κ1) is 19.2. The maximum Gasteiger partial charge on any atom is 0.409 e. The van der Waals surface area contributed by atoms with Crippen molar-refractivity contribution in [2.45, 2.75) is 45.6 Å². The van der Waals surface area contributed by atoms with Crippen LogP contribution in [0.25, 0.3) is 0 Å². The van der Waals surface area contributed by atoms with Crippen LogP contribution in [-0.2, 0) is 9.53 Å². The van der Waals surface area contributed by atoms with Crippen LogP contribution in [0.1, 0.15) is 45.1 Å². The van der Waals surface area contributed by atoms with Gasteiger partial charge in [0.2, 0.25) is 5.91 Å². The van der Waals surface area contributed by atoms with Gasteiger partial charge in [-0.05, 0) is 43.4 Å². The van der Waals surface area contributed by atoms with Crippen molar-refractivity contribution in [3.63, 3.8) is 0 Å². The number of amides is 2. The van der Waals surface area contributed by atoms with E-state index in [0.29, 0.717) is 25.6 Å². The third-order valence-corrected chi connectivity index (χ3v) is 4.43. The molecule has 0 spiro atoms. The number of carbonyl (C=O) groups is 2. The Morgan fingerprint density at radius 2 is 1.84 bits per heavy atom. The largest absolute Gasteiger partial charge is 0.450 e. The summed E-state index contributed by atoms with van der Waals surface area (Å²) >= 11 is 0. The average molecular weight is 347 g/mol. The molecule has 0 aromatic heterocycles. The van der Waals surface area contributed by atoms with Gasteiger partial charge < -0.3 is 20.3 Å². The number of likely N-dealkylation sites (tertiary alicyclic amines) is 1. The molecule has 2 N–H and O–H groups in total. The molecule has 138 valence electrons. The average Bonchev–Trinajstić information content (AvgIpc) is 2.61. The van der Waals surface area contributed by atoms with Crippen LogP contribution < -0.4 is 10.6 Å². The molecule has 1 heterocycles. The third kappa shape index (κ3) is 6.05. The van der Waals surface area contributed by atoms with Crippen molar-refractivity contribution in [2.24, 2.45) is 0 Å². The lowest BCUT2D eigenvalue weighted by Gasteiger charge is -2.31. The van der Waals surface area contributed by atoms with Gasteiger partial charge >= 0.3 is 6.09 Å². The van der Waals surface area contributed by atoms with Crippen LogP contribution in [0.3, 0.4) is 0 Å². The Morgan fingerprint density at radius 3 is 2.40 bits per heavy atom. The zero-order valence-corrected chi connectivity index (χ0v) is 15.4. The summed E-state index contributed by atoms with van der Waals surface area (Å²) in [5, 5.41) is 6.18. The Kier molecular flexibility index (Phi) is 7.25. The lowest BCUT2D eigenvalue weighted by atomic mass is 10.0. The van der Waals surface area contributed by atoms with Crippen LogP contribution in [0.5, 0.6) is 0 Å². The Balaban J connectivity index is 1.69. The molecular formula is C19H29N3O3. The number of anilines is 1. The zero-order valence-electron chi connectivity index (χ0n) is 15.4. The summed E-state index contributed by atoms with van der Waals surface area (Å²) in [4.78, 5) is 25.5. The highest BCUT2D eigenvalue weighted by molar-refractivity contribution is 5.92. The molecule has 1 aliphatic heterocycles. The lowest BCUT2D eigenvalue weighted by Crippen LogP contribution is -2.46. The molecular weight excluding hydrogens is 318 g/mol. The maximum atomic E-state index is 12.1. The summed E-state index contributed by atoms with van der Waals surface area (Å²) in [5.74, 6) is 0.428. The molecule has 0 bridgehead atoms. The summed E-state index contributed by atoms with van der Waals surface area (Å²) in [6.45, 7) is 8.09. The van der Waals surface area contributed by atoms with E-state index in [-0.39, 0.29) is 24.6 Å². The van der Waals surface area contributed by atoms with Crippen molar-refractivity contribution >= 4 is 17.7 Å². The van der Waals surface area contributed by atoms with E-state index in [1.54, 1.807) is 11.8 Å². The molecule has 25 heavy (non-hydrogen) atoms. The number of nitrogens with one attached hydrogen (secondary N) is 2. The number of benzene rings is 1. The van der Waals surface area contributed by atoms with E-state index in [2.05, 4.69) is 24.5 Å². The molecule has 0 radical (unpaired) electrons. The first-order chi connectivity index (χ1) is 12.0. The number of hydrogen-bond acceptors (Lipinski definition) is 4. The van der Waals surface area contributed by atoms with Gasteiger partial charge in [-0.25, -0.2) is 4.79 Å². The molecule has 1 aromatic rings. The Bertz CT molecular complexity index is 564. The first-order valence-corrected chi connectivity index (χ1v) is 9.04. The summed E-state index contributed by atoms with van der Waals surface area (Å²) in [5.41, 5.74) is 2.07. The Labute approximate surface area is 149 Å². The highest BCUT2D eigenvalue weighted by atomic mass is 16.6. The minimum Gasteiger partial charge on any atom is -0.450 e. The molecule has 1 saturated heterocycles. The van der Waals surface area contributed by atoms with Crippen LogP contribution >= 0.6 is 0 Å². The van der Waals surface area contributed by atoms with E-state index < -0.39 is 0 Å². The summed E-state index contributed by atoms with van der Waals surface area (Å²) < 4.78 is 5.01. The summed E-state index contributed by atoms with van der Waals surface area (Å²) in [6, 6.07) is 8.20. The minimum absolute atomic E-state index is 0.0508. The fraction of sp³-hybridized carbons (Fsp3) is 0.579. The number of carbonyl (C=O) groups excluding carboxylic acids is 2. The highest BCUT2D eigenvalue weighted by Crippen LogP contribution is 2.17. The van der Waals surface area contributed by atoms with Gasteiger partial charge in [0.15, 0.2) is 0 Å². The van der Waals surface area contributed by atoms with E-state index in [9.17, 15) is 9.59 Å². The molecule has 0 atom stereocenters. The maximum absolute atomic E-state index is 12.1. The number of ether oxygens (including phenoxy) is 1. The molecule has 2 rings (SSSR count). The van der Waals surface area contributed by atoms with Gasteiger partial charge in [0.25, 0.3) is 0 Å². The van der Waals surface area contributed by atoms with Crippen molar-refractivity contribution in [3.8, 4) is 0 Å². The van der Waals surface area contributed by atoms with Gasteiger partial charge in [-0.1, -0.05) is 26.0 Å². The van der Waals surface area contributed by atoms with E-state index in [1.165, 1.54) is 5.56 Å². The summed E-state index contributed by atoms with van der Waals surface area (Å²) in [7, 11) is 0. The normalized spacial score (nSPS) is 15.3. The molecule has 1 fully saturated rings. The molecule has 1 aromatic carbocycles. The lowest BCUT2D eigenvalue weighted by molar-refractivity contribution is -0.115. The number of nitrogens with zero attached hydrogens (tertiary/aromatic N) is 1. The highest BCUT2D eigenvalue weighted by Gasteiger charge is 2.23. The first-order valence-electron chi connectivity index (χ1n) is 9.04. The van der Waals surface area contributed by atoms with Crippen LogP contribution in [0.2, 0.25) is 0 Å². The van der Waals surface area contributed by atoms with Gasteiger partial charge in [-0.3, -0.25) is 4.79 Å². The van der Waals surface area contributed by atoms with Gasteiger partial charge in [-0.15, -0.1) is 0 Å². The van der Waals surface area contributed by atoms with Gasteiger partial charge in [0.1, 0.15) is 0 Å². The van der Waals surface area contributed by atoms with Crippen molar-refractivity contribution in [1.29, 1.82) is 0 Å². The third-order valence-electron chi connectivity index (χ3n) is 4.43. The van der Waals surface area contributed by atoms with Crippen molar-refractivity contribution in [1.82, 2.24) is 10.2 Å². The van der Waals surface area contributed by atoms with Crippen molar-refractivity contribution < 1.29 is 14.3 Å². The van der Waals surface area contributed by atoms with Crippen LogP contribution in [0.4, 0.5) is 10.5 Å². The molecule has 0 aliphatic carbocycles. The van der Waals surface area contributed by atoms with E-state index >= 15 is 0 Å². The predicted octanol–water partition coefficient (Wildman–Crippen LogP) is 2.96. The summed E-state index contributed by atoms with van der Waals surface area (Å²) in [6.07, 6.45) is 1.41. The van der Waals surface area contributed by atoms with E-state index in [0.717, 1.165) is 18.5 Å². The zero-order chi connectivity index (χ0) is 18.2. The van der Waals surface area contributed by atoms with Gasteiger partial charge in [0, 0.05) is 24.8 Å². The Morgan fingerprint density at radius 1 is 1.20 bits per heavy atom. The fourth-order valence-electron chi connectivity index (χ4n) is 2.87.